The van der Waals surface area contributed by atoms with Crippen molar-refractivity contribution >= 4 is 36.3 Å². The lowest BCUT2D eigenvalue weighted by Gasteiger charge is -2.24. The van der Waals surface area contributed by atoms with Gasteiger partial charge in [0.25, 0.3) is 0 Å². The van der Waals surface area contributed by atoms with E-state index >= 15 is 0 Å². The van der Waals surface area contributed by atoms with Crippen LogP contribution in [0.15, 0.2) is 30.3 Å². The average molecular weight is 385 g/mol. The molecule has 1 amide bonds. The second kappa shape index (κ2) is 13.1. The van der Waals surface area contributed by atoms with Gasteiger partial charge in [-0.05, 0) is 19.0 Å². The highest BCUT2D eigenvalue weighted by molar-refractivity contribution is 7.98. The molecule has 1 aromatic rings. The molecule has 0 spiro atoms. The Morgan fingerprint density at radius 1 is 1.32 bits per heavy atom. The number of methoxy groups -OCH3 is 1. The van der Waals surface area contributed by atoms with E-state index in [0.717, 1.165) is 18.1 Å². The van der Waals surface area contributed by atoms with Gasteiger partial charge in [0.15, 0.2) is 0 Å². The zero-order chi connectivity index (χ0) is 18.5. The smallest absolute Gasteiger partial charge is 0.305 e. The van der Waals surface area contributed by atoms with E-state index in [2.05, 4.69) is 51.8 Å². The Kier molecular flexibility index (Phi) is 11.4. The minimum atomic E-state index is -0.258. The molecule has 0 aliphatic rings. The third-order valence-corrected chi connectivity index (χ3v) is 4.99. The van der Waals surface area contributed by atoms with Gasteiger partial charge >= 0.3 is 5.97 Å². The Bertz CT molecular complexity index is 514. The Hall–Kier alpha value is -1.18. The van der Waals surface area contributed by atoms with E-state index in [1.807, 2.05) is 24.9 Å². The van der Waals surface area contributed by atoms with Crippen molar-refractivity contribution in [3.63, 3.8) is 0 Å². The highest BCUT2D eigenvalue weighted by Gasteiger charge is 2.16. The predicted octanol–water partition coefficient (Wildman–Crippen LogP) is 2.22. The lowest BCUT2D eigenvalue weighted by molar-refractivity contribution is -0.141. The quantitative estimate of drug-likeness (QED) is 0.329. The van der Waals surface area contributed by atoms with Crippen LogP contribution < -0.4 is 5.32 Å². The summed E-state index contributed by atoms with van der Waals surface area (Å²) in [7, 11) is 3.40. The SMILES string of the molecule is COC(=O)CCC(CN(C)CCSCc1ccccc1)NC(=O)CS. The molecule has 0 aliphatic heterocycles. The number of carbonyl (C=O) groups is 2. The zero-order valence-electron chi connectivity index (χ0n) is 14.9. The van der Waals surface area contributed by atoms with Gasteiger partial charge in [0.1, 0.15) is 0 Å². The molecule has 1 aromatic carbocycles. The molecule has 5 nitrogen and oxygen atoms in total. The van der Waals surface area contributed by atoms with Crippen LogP contribution in [0.2, 0.25) is 0 Å². The van der Waals surface area contributed by atoms with Crippen molar-refractivity contribution in [3.05, 3.63) is 35.9 Å². The molecule has 0 saturated heterocycles. The molecule has 0 aromatic heterocycles. The molecule has 0 fully saturated rings. The van der Waals surface area contributed by atoms with Crippen LogP contribution in [0, 0.1) is 0 Å². The molecule has 0 heterocycles. The number of esters is 1. The van der Waals surface area contributed by atoms with Crippen LogP contribution in [-0.2, 0) is 20.1 Å². The molecule has 7 heteroatoms. The van der Waals surface area contributed by atoms with Crippen molar-refractivity contribution in [2.45, 2.75) is 24.6 Å². The first-order chi connectivity index (χ1) is 12.0. The molecule has 140 valence electrons. The minimum Gasteiger partial charge on any atom is -0.469 e. The van der Waals surface area contributed by atoms with Gasteiger partial charge in [-0.3, -0.25) is 9.59 Å². The Morgan fingerprint density at radius 2 is 2.04 bits per heavy atom. The molecule has 1 N–H and O–H groups in total. The van der Waals surface area contributed by atoms with E-state index in [1.165, 1.54) is 12.7 Å². The summed E-state index contributed by atoms with van der Waals surface area (Å²) in [6.07, 6.45) is 0.859. The first kappa shape index (κ1) is 21.9. The van der Waals surface area contributed by atoms with Gasteiger partial charge in [-0.1, -0.05) is 30.3 Å². The first-order valence-corrected chi connectivity index (χ1v) is 10.1. The van der Waals surface area contributed by atoms with Crippen LogP contribution in [0.4, 0.5) is 0 Å². The number of ether oxygens (including phenoxy) is 1. The fraction of sp³-hybridized carbons (Fsp3) is 0.556. The monoisotopic (exact) mass is 384 g/mol. The van der Waals surface area contributed by atoms with Gasteiger partial charge in [0.05, 0.1) is 12.9 Å². The minimum absolute atomic E-state index is 0.0807. The summed E-state index contributed by atoms with van der Waals surface area (Å²) in [6, 6.07) is 10.3. The molecule has 1 rings (SSSR count). The molecular formula is C18H28N2O3S2. The molecule has 0 saturated carbocycles. The van der Waals surface area contributed by atoms with Gasteiger partial charge in [0.2, 0.25) is 5.91 Å². The van der Waals surface area contributed by atoms with E-state index in [9.17, 15) is 9.59 Å². The van der Waals surface area contributed by atoms with E-state index in [-0.39, 0.29) is 23.7 Å². The lowest BCUT2D eigenvalue weighted by atomic mass is 10.1. The summed E-state index contributed by atoms with van der Waals surface area (Å²) in [5.41, 5.74) is 1.33. The summed E-state index contributed by atoms with van der Waals surface area (Å²) >= 11 is 5.88. The van der Waals surface area contributed by atoms with E-state index in [0.29, 0.717) is 19.4 Å². The van der Waals surface area contributed by atoms with Crippen LogP contribution in [0.1, 0.15) is 18.4 Å². The fourth-order valence-corrected chi connectivity index (χ4v) is 3.43. The maximum Gasteiger partial charge on any atom is 0.305 e. The second-order valence-corrected chi connectivity index (χ2v) is 7.26. The normalized spacial score (nSPS) is 12.0. The number of hydrogen-bond donors (Lipinski definition) is 2. The maximum absolute atomic E-state index is 11.6. The Balaban J connectivity index is 2.32. The molecule has 0 aliphatic carbocycles. The van der Waals surface area contributed by atoms with Crippen LogP contribution in [0.3, 0.4) is 0 Å². The topological polar surface area (TPSA) is 58.6 Å². The number of thioether (sulfide) groups is 1. The molecule has 25 heavy (non-hydrogen) atoms. The molecular weight excluding hydrogens is 356 g/mol. The fourth-order valence-electron chi connectivity index (χ4n) is 2.33. The van der Waals surface area contributed by atoms with Crippen molar-refractivity contribution < 1.29 is 14.3 Å². The van der Waals surface area contributed by atoms with Crippen LogP contribution in [-0.4, -0.2) is 61.6 Å². The zero-order valence-corrected chi connectivity index (χ0v) is 16.7. The third kappa shape index (κ3) is 10.4. The molecule has 1 unspecified atom stereocenters. The van der Waals surface area contributed by atoms with E-state index in [4.69, 9.17) is 0 Å². The number of carbonyl (C=O) groups excluding carboxylic acids is 2. The highest BCUT2D eigenvalue weighted by atomic mass is 32.2. The standard InChI is InChI=1S/C18H28N2O3S2/c1-20(10-11-25-14-15-6-4-3-5-7-15)12-16(19-17(21)13-24)8-9-18(22)23-2/h3-7,16,24H,8-14H2,1-2H3,(H,19,21). The van der Waals surface area contributed by atoms with Gasteiger partial charge in [0, 0.05) is 37.1 Å². The number of nitrogens with zero attached hydrogens (tertiary/aromatic N) is 1. The summed E-state index contributed by atoms with van der Waals surface area (Å²) in [4.78, 5) is 25.1. The Labute approximate surface area is 160 Å². The number of hydrogen-bond acceptors (Lipinski definition) is 6. The van der Waals surface area contributed by atoms with Crippen molar-refractivity contribution in [2.75, 3.05) is 38.8 Å². The van der Waals surface area contributed by atoms with Crippen molar-refractivity contribution in [2.24, 2.45) is 0 Å². The third-order valence-electron chi connectivity index (χ3n) is 3.69. The van der Waals surface area contributed by atoms with Crippen molar-refractivity contribution in [1.29, 1.82) is 0 Å². The van der Waals surface area contributed by atoms with Crippen LogP contribution in [0.25, 0.3) is 0 Å². The van der Waals surface area contributed by atoms with Gasteiger partial charge < -0.3 is 15.0 Å². The van der Waals surface area contributed by atoms with Crippen molar-refractivity contribution in [3.8, 4) is 0 Å². The predicted molar refractivity (Wildman–Crippen MR) is 107 cm³/mol. The number of amides is 1. The van der Waals surface area contributed by atoms with Crippen molar-refractivity contribution in [1.82, 2.24) is 10.2 Å². The van der Waals surface area contributed by atoms with Crippen LogP contribution in [0.5, 0.6) is 0 Å². The first-order valence-electron chi connectivity index (χ1n) is 8.32. The van der Waals surface area contributed by atoms with Crippen LogP contribution >= 0.6 is 24.4 Å². The largest absolute Gasteiger partial charge is 0.469 e. The summed E-state index contributed by atoms with van der Waals surface area (Å²) in [5.74, 6) is 1.77. The average Bonchev–Trinajstić information content (AvgIpc) is 2.63. The van der Waals surface area contributed by atoms with E-state index < -0.39 is 0 Å². The molecule has 0 radical (unpaired) electrons. The maximum atomic E-state index is 11.6. The molecule has 0 bridgehead atoms. The second-order valence-electron chi connectivity index (χ2n) is 5.84. The molecule has 1 atom stereocenters. The van der Waals surface area contributed by atoms with Gasteiger partial charge in [-0.2, -0.15) is 24.4 Å². The van der Waals surface area contributed by atoms with Gasteiger partial charge in [-0.25, -0.2) is 0 Å². The van der Waals surface area contributed by atoms with Gasteiger partial charge in [-0.15, -0.1) is 0 Å². The van der Waals surface area contributed by atoms with E-state index in [1.54, 1.807) is 0 Å². The number of nitrogens with one attached hydrogen (secondary N) is 1. The number of benzene rings is 1. The summed E-state index contributed by atoms with van der Waals surface area (Å²) in [6.45, 7) is 1.62. The summed E-state index contributed by atoms with van der Waals surface area (Å²) < 4.78 is 4.67. The highest BCUT2D eigenvalue weighted by Crippen LogP contribution is 2.12. The number of rotatable bonds is 12. The Morgan fingerprint density at radius 3 is 2.68 bits per heavy atom. The summed E-state index contributed by atoms with van der Waals surface area (Å²) in [5, 5.41) is 2.92. The number of likely N-dealkylation sites (N-methyl/N-ethyl adjacent to an activating group) is 1. The number of thiol groups is 1. The lowest BCUT2D eigenvalue weighted by Crippen LogP contribution is -2.44.